The summed E-state index contributed by atoms with van der Waals surface area (Å²) in [6.07, 6.45) is 6.45. The first-order valence-electron chi connectivity index (χ1n) is 10.5. The second-order valence-electron chi connectivity index (χ2n) is 7.68. The smallest absolute Gasteiger partial charge is 0.270 e. The van der Waals surface area contributed by atoms with Crippen LogP contribution in [0.3, 0.4) is 0 Å². The Bertz CT molecular complexity index is 1400. The van der Waals surface area contributed by atoms with E-state index in [9.17, 15) is 4.79 Å². The quantitative estimate of drug-likeness (QED) is 0.422. The first-order valence-corrected chi connectivity index (χ1v) is 10.5. The summed E-state index contributed by atoms with van der Waals surface area (Å²) in [7, 11) is 4.72. The summed E-state index contributed by atoms with van der Waals surface area (Å²) in [6, 6.07) is 5.46. The van der Waals surface area contributed by atoms with Crippen LogP contribution in [0, 0.1) is 0 Å². The molecule has 10 heteroatoms. The van der Waals surface area contributed by atoms with Crippen LogP contribution in [0.4, 0.5) is 0 Å². The average Bonchev–Trinajstić information content (AvgIpc) is 3.70. The number of hydrogen-bond acceptors (Lipinski definition) is 9. The van der Waals surface area contributed by atoms with E-state index >= 15 is 0 Å². The van der Waals surface area contributed by atoms with Gasteiger partial charge in [0.25, 0.3) is 5.56 Å². The number of fused-ring (bicyclic) bond motifs is 1. The molecule has 4 aromatic rings. The lowest BCUT2D eigenvalue weighted by molar-refractivity contribution is 0.390. The molecule has 0 N–H and O–H groups in total. The van der Waals surface area contributed by atoms with Crippen molar-refractivity contribution >= 4 is 11.2 Å². The van der Waals surface area contributed by atoms with Crippen molar-refractivity contribution in [2.24, 2.45) is 0 Å². The molecular formula is C23H22N6O4. The summed E-state index contributed by atoms with van der Waals surface area (Å²) < 4.78 is 17.8. The Morgan fingerprint density at radius 2 is 1.85 bits per heavy atom. The van der Waals surface area contributed by atoms with Crippen LogP contribution in [0.5, 0.6) is 17.4 Å². The SMILES string of the molecule is COc1ccc(Cn2c(=O)cnc3cnc(-c4c(OC)ncnc4C4CC4)nc32)c(OC)c1. The molecule has 3 heterocycles. The maximum Gasteiger partial charge on any atom is 0.270 e. The minimum atomic E-state index is -0.288. The molecule has 0 aliphatic heterocycles. The molecule has 1 fully saturated rings. The van der Waals surface area contributed by atoms with E-state index in [2.05, 4.69) is 19.9 Å². The van der Waals surface area contributed by atoms with Gasteiger partial charge >= 0.3 is 0 Å². The van der Waals surface area contributed by atoms with Gasteiger partial charge in [0.05, 0.1) is 46.0 Å². The highest BCUT2D eigenvalue weighted by atomic mass is 16.5. The van der Waals surface area contributed by atoms with Gasteiger partial charge in [-0.05, 0) is 25.0 Å². The normalized spacial score (nSPS) is 13.2. The molecule has 10 nitrogen and oxygen atoms in total. The molecule has 168 valence electrons. The van der Waals surface area contributed by atoms with Gasteiger partial charge in [0.1, 0.15) is 28.9 Å². The zero-order chi connectivity index (χ0) is 22.9. The third-order valence-electron chi connectivity index (χ3n) is 5.63. The Labute approximate surface area is 189 Å². The van der Waals surface area contributed by atoms with Gasteiger partial charge < -0.3 is 14.2 Å². The molecule has 1 saturated carbocycles. The molecule has 0 unspecified atom stereocenters. The van der Waals surface area contributed by atoms with Crippen molar-refractivity contribution in [2.75, 3.05) is 21.3 Å². The molecule has 0 saturated heterocycles. The molecule has 5 rings (SSSR count). The van der Waals surface area contributed by atoms with Crippen LogP contribution < -0.4 is 19.8 Å². The van der Waals surface area contributed by atoms with Crippen molar-refractivity contribution in [3.8, 4) is 28.8 Å². The molecule has 0 spiro atoms. The zero-order valence-corrected chi connectivity index (χ0v) is 18.5. The van der Waals surface area contributed by atoms with E-state index in [1.165, 1.54) is 12.5 Å². The van der Waals surface area contributed by atoms with E-state index in [0.717, 1.165) is 24.1 Å². The number of rotatable bonds is 7. The fraction of sp³-hybridized carbons (Fsp3) is 0.304. The van der Waals surface area contributed by atoms with Crippen molar-refractivity contribution in [3.05, 3.63) is 58.5 Å². The first-order chi connectivity index (χ1) is 16.1. The van der Waals surface area contributed by atoms with E-state index in [1.807, 2.05) is 12.1 Å². The molecule has 1 aliphatic rings. The standard InChI is InChI=1S/C23H22N6O4/c1-31-15-7-6-14(17(8-15)32-2)11-29-18(30)10-24-16-9-25-21(28-22(16)29)19-20(13-4-5-13)26-12-27-23(19)33-3/h6-10,12-13H,4-5,11H2,1-3H3. The third kappa shape index (κ3) is 3.84. The minimum absolute atomic E-state index is 0.235. The van der Waals surface area contributed by atoms with Gasteiger partial charge in [-0.2, -0.15) is 0 Å². The molecule has 0 radical (unpaired) electrons. The van der Waals surface area contributed by atoms with Crippen molar-refractivity contribution < 1.29 is 14.2 Å². The summed E-state index contributed by atoms with van der Waals surface area (Å²) >= 11 is 0. The number of nitrogens with zero attached hydrogens (tertiary/aromatic N) is 6. The van der Waals surface area contributed by atoms with Crippen LogP contribution in [0.2, 0.25) is 0 Å². The Hall–Kier alpha value is -4.08. The highest BCUT2D eigenvalue weighted by Gasteiger charge is 2.31. The maximum atomic E-state index is 12.8. The summed E-state index contributed by atoms with van der Waals surface area (Å²) in [4.78, 5) is 35.0. The zero-order valence-electron chi connectivity index (χ0n) is 18.5. The second-order valence-corrected chi connectivity index (χ2v) is 7.68. The van der Waals surface area contributed by atoms with Gasteiger partial charge in [-0.25, -0.2) is 24.9 Å². The number of benzene rings is 1. The second kappa shape index (κ2) is 8.45. The fourth-order valence-electron chi connectivity index (χ4n) is 3.79. The average molecular weight is 446 g/mol. The lowest BCUT2D eigenvalue weighted by atomic mass is 10.1. The molecule has 0 amide bonds. The molecular weight excluding hydrogens is 424 g/mol. The largest absolute Gasteiger partial charge is 0.497 e. The molecule has 1 aromatic carbocycles. The van der Waals surface area contributed by atoms with Gasteiger partial charge in [-0.1, -0.05) is 0 Å². The number of hydrogen-bond donors (Lipinski definition) is 0. The van der Waals surface area contributed by atoms with Crippen molar-refractivity contribution in [3.63, 3.8) is 0 Å². The molecule has 0 atom stereocenters. The van der Waals surface area contributed by atoms with E-state index in [0.29, 0.717) is 45.8 Å². The Morgan fingerprint density at radius 3 is 2.58 bits per heavy atom. The predicted molar refractivity (Wildman–Crippen MR) is 120 cm³/mol. The molecule has 0 bridgehead atoms. The minimum Gasteiger partial charge on any atom is -0.497 e. The van der Waals surface area contributed by atoms with E-state index < -0.39 is 0 Å². The molecule has 1 aliphatic carbocycles. The highest BCUT2D eigenvalue weighted by molar-refractivity contribution is 5.74. The summed E-state index contributed by atoms with van der Waals surface area (Å²) in [5.74, 6) is 2.40. The lowest BCUT2D eigenvalue weighted by Gasteiger charge is -2.14. The van der Waals surface area contributed by atoms with Gasteiger partial charge in [0.15, 0.2) is 11.5 Å². The Kier molecular flexibility index (Phi) is 5.33. The monoisotopic (exact) mass is 446 g/mol. The van der Waals surface area contributed by atoms with E-state index in [-0.39, 0.29) is 12.1 Å². The first kappa shape index (κ1) is 20.8. The third-order valence-corrected chi connectivity index (χ3v) is 5.63. The van der Waals surface area contributed by atoms with Crippen molar-refractivity contribution in [1.82, 2.24) is 29.5 Å². The van der Waals surface area contributed by atoms with Crippen LogP contribution in [0.1, 0.15) is 30.0 Å². The van der Waals surface area contributed by atoms with E-state index in [1.54, 1.807) is 38.2 Å². The Balaban J connectivity index is 1.66. The van der Waals surface area contributed by atoms with Crippen LogP contribution in [0.15, 0.2) is 41.7 Å². The fourth-order valence-corrected chi connectivity index (χ4v) is 3.79. The van der Waals surface area contributed by atoms with Crippen LogP contribution in [-0.4, -0.2) is 50.8 Å². The summed E-state index contributed by atoms with van der Waals surface area (Å²) in [5, 5.41) is 0. The summed E-state index contributed by atoms with van der Waals surface area (Å²) in [6.45, 7) is 0.235. The van der Waals surface area contributed by atoms with Crippen LogP contribution >= 0.6 is 0 Å². The highest BCUT2D eigenvalue weighted by Crippen LogP contribution is 2.44. The number of ether oxygens (including phenoxy) is 3. The van der Waals surface area contributed by atoms with Gasteiger partial charge in [0.2, 0.25) is 5.88 Å². The van der Waals surface area contributed by atoms with Crippen molar-refractivity contribution in [1.29, 1.82) is 0 Å². The molecule has 3 aromatic heterocycles. The summed E-state index contributed by atoms with van der Waals surface area (Å²) in [5.41, 5.74) is 2.91. The number of methoxy groups -OCH3 is 3. The predicted octanol–water partition coefficient (Wildman–Crippen LogP) is 2.60. The van der Waals surface area contributed by atoms with E-state index in [4.69, 9.17) is 19.2 Å². The van der Waals surface area contributed by atoms with Crippen LogP contribution in [-0.2, 0) is 6.54 Å². The van der Waals surface area contributed by atoms with Crippen LogP contribution in [0.25, 0.3) is 22.6 Å². The van der Waals surface area contributed by atoms with Gasteiger partial charge in [-0.3, -0.25) is 9.36 Å². The van der Waals surface area contributed by atoms with Gasteiger partial charge in [-0.15, -0.1) is 0 Å². The topological polar surface area (TPSA) is 114 Å². The number of aromatic nitrogens is 6. The van der Waals surface area contributed by atoms with Gasteiger partial charge in [0, 0.05) is 17.5 Å². The lowest BCUT2D eigenvalue weighted by Crippen LogP contribution is -2.22. The molecule has 33 heavy (non-hydrogen) atoms. The Morgan fingerprint density at radius 1 is 1.00 bits per heavy atom. The van der Waals surface area contributed by atoms with Crippen molar-refractivity contribution in [2.45, 2.75) is 25.3 Å². The maximum absolute atomic E-state index is 12.8.